The van der Waals surface area contributed by atoms with Crippen LogP contribution in [0.25, 0.3) is 17.2 Å². The molecule has 1 atom stereocenters. The van der Waals surface area contributed by atoms with Gasteiger partial charge < -0.3 is 25.0 Å². The van der Waals surface area contributed by atoms with E-state index in [-0.39, 0.29) is 41.1 Å². The maximum absolute atomic E-state index is 15.8. The third-order valence-electron chi connectivity index (χ3n) is 5.79. The van der Waals surface area contributed by atoms with E-state index in [0.717, 1.165) is 4.68 Å². The molecule has 2 aromatic carbocycles. The number of aryl methyl sites for hydroxylation is 1. The lowest BCUT2D eigenvalue weighted by Crippen LogP contribution is -2.17. The topological polar surface area (TPSA) is 159 Å². The second-order valence-electron chi connectivity index (χ2n) is 8.51. The van der Waals surface area contributed by atoms with Gasteiger partial charge in [-0.3, -0.25) is 4.98 Å². The van der Waals surface area contributed by atoms with Gasteiger partial charge in [0.15, 0.2) is 23.2 Å². The van der Waals surface area contributed by atoms with Crippen molar-refractivity contribution < 1.29 is 22.8 Å². The summed E-state index contributed by atoms with van der Waals surface area (Å²) in [5.74, 6) is 0.481. The second-order valence-corrected chi connectivity index (χ2v) is 8.51. The normalized spacial score (nSPS) is 11.8. The van der Waals surface area contributed by atoms with E-state index in [9.17, 15) is 9.18 Å². The Bertz CT molecular complexity index is 1680. The molecular weight excluding hydrogens is 526 g/mol. The van der Waals surface area contributed by atoms with E-state index < -0.39 is 24.2 Å². The van der Waals surface area contributed by atoms with Gasteiger partial charge in [0.1, 0.15) is 30.9 Å². The average Bonchev–Trinajstić information content (AvgIpc) is 3.57. The van der Waals surface area contributed by atoms with Crippen LogP contribution in [0.5, 0.6) is 11.5 Å². The van der Waals surface area contributed by atoms with Gasteiger partial charge in [-0.05, 0) is 42.5 Å². The Labute approximate surface area is 225 Å². The Hall–Kier alpha value is -5.27. The molecule has 0 aliphatic carbocycles. The third kappa shape index (κ3) is 5.45. The van der Waals surface area contributed by atoms with Gasteiger partial charge in [0.05, 0.1) is 7.11 Å². The largest absolute Gasteiger partial charge is 0.497 e. The van der Waals surface area contributed by atoms with Crippen LogP contribution >= 0.6 is 0 Å². The van der Waals surface area contributed by atoms with E-state index in [2.05, 4.69) is 30.5 Å². The number of nitrogens with one attached hydrogen (secondary N) is 2. The number of nitrogens with zero attached hydrogens (tertiary/aromatic N) is 5. The number of H-pyrrole nitrogens is 1. The van der Waals surface area contributed by atoms with Gasteiger partial charge >= 0.3 is 5.69 Å². The fourth-order valence-corrected chi connectivity index (χ4v) is 3.95. The van der Waals surface area contributed by atoms with E-state index in [1.807, 2.05) is 0 Å². The van der Waals surface area contributed by atoms with Gasteiger partial charge in [0.25, 0.3) is 0 Å². The first-order valence-corrected chi connectivity index (χ1v) is 12.0. The SMILES string of the molecule is COc1cc(OCCF)c(F)c(C(Nc2ccc(-c3noc(C)n3)cc2)c2nn(-c3cccc(N)n3)c(=O)[nH]2)c1. The van der Waals surface area contributed by atoms with E-state index >= 15 is 4.39 Å². The van der Waals surface area contributed by atoms with Crippen molar-refractivity contribution in [3.8, 4) is 28.7 Å². The van der Waals surface area contributed by atoms with E-state index in [0.29, 0.717) is 23.0 Å². The summed E-state index contributed by atoms with van der Waals surface area (Å²) in [5, 5.41) is 11.5. The van der Waals surface area contributed by atoms with Crippen molar-refractivity contribution in [2.45, 2.75) is 13.0 Å². The molecule has 0 amide bonds. The molecule has 3 heterocycles. The lowest BCUT2D eigenvalue weighted by molar-refractivity contribution is 0.260. The molecule has 1 unspecified atom stereocenters. The summed E-state index contributed by atoms with van der Waals surface area (Å²) in [7, 11) is 1.40. The van der Waals surface area contributed by atoms with Crippen LogP contribution in [0.15, 0.2) is 63.9 Å². The fourth-order valence-electron chi connectivity index (χ4n) is 3.95. The predicted octanol–water partition coefficient (Wildman–Crippen LogP) is 3.59. The van der Waals surface area contributed by atoms with Crippen molar-refractivity contribution in [2.75, 3.05) is 31.4 Å². The summed E-state index contributed by atoms with van der Waals surface area (Å²) in [5.41, 5.74) is 6.40. The molecular formula is C26H24F2N8O4. The fraction of sp³-hybridized carbons (Fsp3) is 0.192. The number of nitrogens with two attached hydrogens (primary N) is 1. The van der Waals surface area contributed by atoms with E-state index in [4.69, 9.17) is 19.7 Å². The number of halogens is 2. The van der Waals surface area contributed by atoms with Crippen LogP contribution in [0.2, 0.25) is 0 Å². The first kappa shape index (κ1) is 26.3. The summed E-state index contributed by atoms with van der Waals surface area (Å²) < 4.78 is 45.3. The molecule has 0 aliphatic heterocycles. The van der Waals surface area contributed by atoms with Crippen LogP contribution in [-0.2, 0) is 0 Å². The Morgan fingerprint density at radius 3 is 2.65 bits per heavy atom. The molecule has 0 saturated heterocycles. The molecule has 0 fully saturated rings. The first-order chi connectivity index (χ1) is 19.4. The number of benzene rings is 2. The maximum atomic E-state index is 15.8. The average molecular weight is 551 g/mol. The van der Waals surface area contributed by atoms with Crippen LogP contribution < -0.4 is 26.2 Å². The summed E-state index contributed by atoms with van der Waals surface area (Å²) >= 11 is 0. The number of hydrogen-bond donors (Lipinski definition) is 3. The van der Waals surface area contributed by atoms with Crippen LogP contribution in [0.1, 0.15) is 23.3 Å². The molecule has 40 heavy (non-hydrogen) atoms. The van der Waals surface area contributed by atoms with Gasteiger partial charge in [-0.15, -0.1) is 5.10 Å². The summed E-state index contributed by atoms with van der Waals surface area (Å²) in [6.45, 7) is 0.514. The summed E-state index contributed by atoms with van der Waals surface area (Å²) in [4.78, 5) is 23.9. The summed E-state index contributed by atoms with van der Waals surface area (Å²) in [6, 6.07) is 13.4. The van der Waals surface area contributed by atoms with E-state index in [1.54, 1.807) is 49.4 Å². The van der Waals surface area contributed by atoms with Crippen LogP contribution in [0.3, 0.4) is 0 Å². The quantitative estimate of drug-likeness (QED) is 0.235. The Kier molecular flexibility index (Phi) is 7.39. The van der Waals surface area contributed by atoms with Crippen LogP contribution in [0.4, 0.5) is 20.3 Å². The zero-order valence-corrected chi connectivity index (χ0v) is 21.4. The van der Waals surface area contributed by atoms with Crippen LogP contribution in [0, 0.1) is 12.7 Å². The Balaban J connectivity index is 1.59. The van der Waals surface area contributed by atoms with Crippen molar-refractivity contribution in [3.63, 3.8) is 0 Å². The highest BCUT2D eigenvalue weighted by molar-refractivity contribution is 5.60. The molecule has 0 saturated carbocycles. The maximum Gasteiger partial charge on any atom is 0.349 e. The van der Waals surface area contributed by atoms with Gasteiger partial charge in [-0.2, -0.15) is 9.67 Å². The highest BCUT2D eigenvalue weighted by Gasteiger charge is 2.27. The number of pyridine rings is 1. The van der Waals surface area contributed by atoms with Crippen molar-refractivity contribution in [1.82, 2.24) is 29.9 Å². The van der Waals surface area contributed by atoms with Crippen molar-refractivity contribution in [3.05, 3.63) is 88.2 Å². The number of ether oxygens (including phenoxy) is 2. The zero-order valence-electron chi connectivity index (χ0n) is 21.4. The van der Waals surface area contributed by atoms with Crippen molar-refractivity contribution >= 4 is 11.5 Å². The number of aromatic nitrogens is 6. The van der Waals surface area contributed by atoms with Gasteiger partial charge in [-0.25, -0.2) is 18.6 Å². The number of methoxy groups -OCH3 is 1. The van der Waals surface area contributed by atoms with Crippen molar-refractivity contribution in [1.29, 1.82) is 0 Å². The predicted molar refractivity (Wildman–Crippen MR) is 141 cm³/mol. The smallest absolute Gasteiger partial charge is 0.349 e. The number of anilines is 2. The Morgan fingerprint density at radius 1 is 1.18 bits per heavy atom. The first-order valence-electron chi connectivity index (χ1n) is 12.0. The molecule has 0 bridgehead atoms. The molecule has 0 radical (unpaired) electrons. The summed E-state index contributed by atoms with van der Waals surface area (Å²) in [6.07, 6.45) is 0. The van der Waals surface area contributed by atoms with Gasteiger partial charge in [0.2, 0.25) is 11.7 Å². The number of nitrogen functional groups attached to an aromatic ring is 1. The molecule has 5 aromatic rings. The van der Waals surface area contributed by atoms with Crippen molar-refractivity contribution in [2.24, 2.45) is 0 Å². The number of hydrogen-bond acceptors (Lipinski definition) is 10. The second kappa shape index (κ2) is 11.2. The minimum Gasteiger partial charge on any atom is -0.497 e. The minimum absolute atomic E-state index is 0.0208. The minimum atomic E-state index is -1.06. The van der Waals surface area contributed by atoms with E-state index in [1.165, 1.54) is 19.2 Å². The lowest BCUT2D eigenvalue weighted by atomic mass is 10.0. The molecule has 12 nitrogen and oxygen atoms in total. The molecule has 206 valence electrons. The monoisotopic (exact) mass is 550 g/mol. The zero-order chi connectivity index (χ0) is 28.2. The standard InChI is InChI=1S/C26H24F2N8O4/c1-14-30-24(35-40-14)15-6-8-16(9-7-15)31-23(18-12-17(38-2)13-19(22(18)28)39-11-10-27)25-33-26(37)36(34-25)21-5-3-4-20(29)32-21/h3-9,12-13,23,31H,10-11H2,1-2H3,(H2,29,32)(H,33,34,37). The number of aromatic amines is 1. The van der Waals surface area contributed by atoms with Gasteiger partial charge in [-0.1, -0.05) is 11.2 Å². The molecule has 0 spiro atoms. The number of alkyl halides is 1. The third-order valence-corrected chi connectivity index (χ3v) is 5.79. The Morgan fingerprint density at radius 2 is 1.98 bits per heavy atom. The molecule has 3 aromatic heterocycles. The molecule has 14 heteroatoms. The lowest BCUT2D eigenvalue weighted by Gasteiger charge is -2.21. The number of rotatable bonds is 10. The molecule has 0 aliphatic rings. The highest BCUT2D eigenvalue weighted by Crippen LogP contribution is 2.35. The molecule has 4 N–H and O–H groups in total. The van der Waals surface area contributed by atoms with Crippen LogP contribution in [-0.4, -0.2) is 50.3 Å². The van der Waals surface area contributed by atoms with Gasteiger partial charge in [0, 0.05) is 29.8 Å². The highest BCUT2D eigenvalue weighted by atomic mass is 19.1. The molecule has 5 rings (SSSR count).